The first-order valence-electron chi connectivity index (χ1n) is 5.66. The van der Waals surface area contributed by atoms with Gasteiger partial charge < -0.3 is 14.3 Å². The highest BCUT2D eigenvalue weighted by atomic mass is 35.5. The van der Waals surface area contributed by atoms with E-state index in [4.69, 9.17) is 31.1 Å². The Bertz CT molecular complexity index is 700. The molecule has 0 saturated carbocycles. The van der Waals surface area contributed by atoms with E-state index in [-0.39, 0.29) is 12.4 Å². The zero-order chi connectivity index (χ0) is 14.7. The van der Waals surface area contributed by atoms with Crippen molar-refractivity contribution in [3.63, 3.8) is 0 Å². The first-order valence-corrected chi connectivity index (χ1v) is 6.04. The number of furan rings is 1. The molecule has 0 aliphatic rings. The molecule has 20 heavy (non-hydrogen) atoms. The Labute approximate surface area is 120 Å². The molecule has 5 nitrogen and oxygen atoms in total. The molecule has 2 aromatic rings. The molecule has 0 spiro atoms. The number of rotatable bonds is 4. The Morgan fingerprint density at radius 1 is 1.50 bits per heavy atom. The van der Waals surface area contributed by atoms with Crippen molar-refractivity contribution >= 4 is 17.6 Å². The molecule has 0 radical (unpaired) electrons. The lowest BCUT2D eigenvalue weighted by Crippen LogP contribution is -1.97. The lowest BCUT2D eigenvalue weighted by atomic mass is 10.2. The van der Waals surface area contributed by atoms with Crippen LogP contribution in [0.2, 0.25) is 5.02 Å². The summed E-state index contributed by atoms with van der Waals surface area (Å²) in [5.41, 5.74) is 1.07. The van der Waals surface area contributed by atoms with Gasteiger partial charge in [-0.3, -0.25) is 0 Å². The Kier molecular flexibility index (Phi) is 3.97. The van der Waals surface area contributed by atoms with Crippen molar-refractivity contribution in [2.75, 3.05) is 0 Å². The highest BCUT2D eigenvalue weighted by Crippen LogP contribution is 2.27. The lowest BCUT2D eigenvalue weighted by molar-refractivity contribution is 0.0661. The van der Waals surface area contributed by atoms with E-state index in [1.807, 2.05) is 6.07 Å². The number of nitrogens with zero attached hydrogens (tertiary/aromatic N) is 1. The third-order valence-corrected chi connectivity index (χ3v) is 2.97. The van der Waals surface area contributed by atoms with Crippen LogP contribution in [0.3, 0.4) is 0 Å². The molecule has 1 heterocycles. The normalized spacial score (nSPS) is 10.1. The molecule has 1 N–H and O–H groups in total. The molecule has 0 unspecified atom stereocenters. The van der Waals surface area contributed by atoms with E-state index >= 15 is 0 Å². The number of nitriles is 1. The first kappa shape index (κ1) is 14.0. The van der Waals surface area contributed by atoms with Crippen LogP contribution in [0.4, 0.5) is 0 Å². The number of carbonyl (C=O) groups is 1. The van der Waals surface area contributed by atoms with Crippen molar-refractivity contribution in [3.8, 4) is 11.8 Å². The van der Waals surface area contributed by atoms with Gasteiger partial charge in [-0.05, 0) is 31.2 Å². The van der Waals surface area contributed by atoms with E-state index in [9.17, 15) is 4.79 Å². The second-order valence-electron chi connectivity index (χ2n) is 4.04. The number of ether oxygens (including phenoxy) is 1. The molecule has 0 aliphatic carbocycles. The van der Waals surface area contributed by atoms with Crippen LogP contribution in [-0.2, 0) is 6.61 Å². The molecule has 2 rings (SSSR count). The molecule has 0 aliphatic heterocycles. The van der Waals surface area contributed by atoms with Gasteiger partial charge in [-0.2, -0.15) is 5.26 Å². The van der Waals surface area contributed by atoms with Crippen molar-refractivity contribution in [2.24, 2.45) is 0 Å². The molecular formula is C14H10ClNO4. The van der Waals surface area contributed by atoms with Gasteiger partial charge in [0.25, 0.3) is 0 Å². The summed E-state index contributed by atoms with van der Waals surface area (Å²) in [6.07, 6.45) is 0. The fourth-order valence-corrected chi connectivity index (χ4v) is 1.85. The predicted molar refractivity (Wildman–Crippen MR) is 70.9 cm³/mol. The van der Waals surface area contributed by atoms with E-state index in [0.717, 1.165) is 0 Å². The van der Waals surface area contributed by atoms with Crippen LogP contribution in [0.15, 0.2) is 28.7 Å². The quantitative estimate of drug-likeness (QED) is 0.933. The van der Waals surface area contributed by atoms with Gasteiger partial charge in [0.05, 0.1) is 16.7 Å². The minimum Gasteiger partial charge on any atom is -0.487 e. The average molecular weight is 292 g/mol. The van der Waals surface area contributed by atoms with Crippen LogP contribution in [0.1, 0.15) is 27.4 Å². The van der Waals surface area contributed by atoms with E-state index in [2.05, 4.69) is 0 Å². The Hall–Kier alpha value is -2.45. The number of carboxylic acids is 1. The van der Waals surface area contributed by atoms with E-state index in [1.54, 1.807) is 19.1 Å². The highest BCUT2D eigenvalue weighted by molar-refractivity contribution is 6.32. The predicted octanol–water partition coefficient (Wildman–Crippen LogP) is 3.39. The lowest BCUT2D eigenvalue weighted by Gasteiger charge is -2.07. The maximum absolute atomic E-state index is 10.8. The molecule has 102 valence electrons. The Balaban J connectivity index is 2.13. The first-order chi connectivity index (χ1) is 9.51. The van der Waals surface area contributed by atoms with Crippen molar-refractivity contribution in [1.82, 2.24) is 0 Å². The van der Waals surface area contributed by atoms with E-state index in [1.165, 1.54) is 12.1 Å². The van der Waals surface area contributed by atoms with Crippen LogP contribution in [-0.4, -0.2) is 11.1 Å². The molecule has 0 fully saturated rings. The maximum Gasteiger partial charge on any atom is 0.371 e. The summed E-state index contributed by atoms with van der Waals surface area (Å²) >= 11 is 5.98. The highest BCUT2D eigenvalue weighted by Gasteiger charge is 2.14. The average Bonchev–Trinajstić information content (AvgIpc) is 2.79. The third-order valence-electron chi connectivity index (χ3n) is 2.68. The van der Waals surface area contributed by atoms with E-state index in [0.29, 0.717) is 27.7 Å². The summed E-state index contributed by atoms with van der Waals surface area (Å²) in [5, 5.41) is 17.9. The fourth-order valence-electron chi connectivity index (χ4n) is 1.61. The molecule has 0 bridgehead atoms. The van der Waals surface area contributed by atoms with Gasteiger partial charge >= 0.3 is 5.97 Å². The molecule has 0 saturated heterocycles. The van der Waals surface area contributed by atoms with E-state index < -0.39 is 5.97 Å². The van der Waals surface area contributed by atoms with Gasteiger partial charge in [-0.25, -0.2) is 4.79 Å². The molecule has 0 amide bonds. The van der Waals surface area contributed by atoms with Crippen molar-refractivity contribution in [1.29, 1.82) is 5.26 Å². The summed E-state index contributed by atoms with van der Waals surface area (Å²) in [7, 11) is 0. The van der Waals surface area contributed by atoms with Crippen LogP contribution in [0.25, 0.3) is 0 Å². The number of aryl methyl sites for hydroxylation is 1. The molecular weight excluding hydrogens is 282 g/mol. The van der Waals surface area contributed by atoms with Gasteiger partial charge in [0.15, 0.2) is 0 Å². The minimum absolute atomic E-state index is 0.132. The summed E-state index contributed by atoms with van der Waals surface area (Å²) in [6, 6.07) is 8.07. The Morgan fingerprint density at radius 2 is 2.25 bits per heavy atom. The second-order valence-corrected chi connectivity index (χ2v) is 4.45. The molecule has 1 aromatic heterocycles. The Morgan fingerprint density at radius 3 is 2.80 bits per heavy atom. The number of halogens is 1. The number of hydrogen-bond acceptors (Lipinski definition) is 4. The number of hydrogen-bond donors (Lipinski definition) is 1. The van der Waals surface area contributed by atoms with Crippen LogP contribution >= 0.6 is 11.6 Å². The van der Waals surface area contributed by atoms with Crippen molar-refractivity contribution in [3.05, 3.63) is 51.9 Å². The summed E-state index contributed by atoms with van der Waals surface area (Å²) in [6.45, 7) is 1.79. The summed E-state index contributed by atoms with van der Waals surface area (Å²) in [5.74, 6) is -0.363. The maximum atomic E-state index is 10.8. The van der Waals surface area contributed by atoms with Gasteiger partial charge in [0.2, 0.25) is 5.76 Å². The standard InChI is InChI=1S/C14H10ClNO4/c1-8-10(5-13(20-8)14(17)18)7-19-12-3-2-9(6-16)4-11(12)15/h2-5H,7H2,1H3,(H,17,18). The van der Waals surface area contributed by atoms with Crippen molar-refractivity contribution in [2.45, 2.75) is 13.5 Å². The minimum atomic E-state index is -1.13. The summed E-state index contributed by atoms with van der Waals surface area (Å²) in [4.78, 5) is 10.8. The van der Waals surface area contributed by atoms with Gasteiger partial charge in [0.1, 0.15) is 18.1 Å². The summed E-state index contributed by atoms with van der Waals surface area (Å²) < 4.78 is 10.6. The second kappa shape index (κ2) is 5.68. The monoisotopic (exact) mass is 291 g/mol. The zero-order valence-electron chi connectivity index (χ0n) is 10.5. The topological polar surface area (TPSA) is 83.5 Å². The SMILES string of the molecule is Cc1oc(C(=O)O)cc1COc1ccc(C#N)cc1Cl. The number of aromatic carboxylic acids is 1. The molecule has 0 atom stereocenters. The van der Waals surface area contributed by atoms with Gasteiger partial charge in [-0.1, -0.05) is 11.6 Å². The third kappa shape index (κ3) is 2.92. The fraction of sp³-hybridized carbons (Fsp3) is 0.143. The van der Waals surface area contributed by atoms with Crippen LogP contribution < -0.4 is 4.74 Å². The van der Waals surface area contributed by atoms with Crippen molar-refractivity contribution < 1.29 is 19.1 Å². The molecule has 6 heteroatoms. The smallest absolute Gasteiger partial charge is 0.371 e. The van der Waals surface area contributed by atoms with Gasteiger partial charge in [-0.15, -0.1) is 0 Å². The largest absolute Gasteiger partial charge is 0.487 e. The zero-order valence-corrected chi connectivity index (χ0v) is 11.3. The van der Waals surface area contributed by atoms with Crippen LogP contribution in [0.5, 0.6) is 5.75 Å². The number of benzene rings is 1. The molecule has 1 aromatic carbocycles. The number of carboxylic acid groups (broad SMARTS) is 1. The van der Waals surface area contributed by atoms with Gasteiger partial charge in [0, 0.05) is 5.56 Å². The van der Waals surface area contributed by atoms with Crippen LogP contribution in [0, 0.1) is 18.3 Å².